The van der Waals surface area contributed by atoms with E-state index in [2.05, 4.69) is 36.8 Å². The number of aryl methyl sites for hydroxylation is 2. The van der Waals surface area contributed by atoms with Gasteiger partial charge in [0.2, 0.25) is 0 Å². The molecule has 0 spiro atoms. The summed E-state index contributed by atoms with van der Waals surface area (Å²) in [6.45, 7) is 14.4. The first-order chi connectivity index (χ1) is 13.7. The van der Waals surface area contributed by atoms with Crippen LogP contribution >= 0.6 is 0 Å². The average Bonchev–Trinajstić information content (AvgIpc) is 3.36. The van der Waals surface area contributed by atoms with Crippen LogP contribution in [0.2, 0.25) is 0 Å². The second-order valence-corrected chi connectivity index (χ2v) is 8.39. The summed E-state index contributed by atoms with van der Waals surface area (Å²) in [5.41, 5.74) is 0. The van der Waals surface area contributed by atoms with Crippen LogP contribution in [0.4, 0.5) is 0 Å². The molecule has 3 aliphatic rings. The molecule has 1 N–H and O–H groups in total. The summed E-state index contributed by atoms with van der Waals surface area (Å²) in [6, 6.07) is 0. The molecule has 0 aliphatic carbocycles. The predicted molar refractivity (Wildman–Crippen MR) is 109 cm³/mol. The molecule has 4 heterocycles. The topological polar surface area (TPSA) is 70.8 Å². The molecule has 3 aliphatic heterocycles. The van der Waals surface area contributed by atoms with Crippen molar-refractivity contribution in [1.82, 2.24) is 29.9 Å². The number of hydrogen-bond donors (Lipinski definition) is 1. The standard InChI is InChI=1S/C20H35N7O/c1-3-21-20(22-12-17-4-5-19-24-23-16(2)27(19)14-17)26-9-7-25(8-10-26)13-18-6-11-28-15-18/h17-18H,3-15H2,1-2H3,(H,21,22). The van der Waals surface area contributed by atoms with E-state index < -0.39 is 0 Å². The van der Waals surface area contributed by atoms with Crippen molar-refractivity contribution in [3.63, 3.8) is 0 Å². The van der Waals surface area contributed by atoms with E-state index in [9.17, 15) is 0 Å². The lowest BCUT2D eigenvalue weighted by molar-refractivity contribution is 0.139. The number of ether oxygens (including phenoxy) is 1. The average molecular weight is 390 g/mol. The maximum Gasteiger partial charge on any atom is 0.194 e. The maximum atomic E-state index is 5.53. The highest BCUT2D eigenvalue weighted by Gasteiger charge is 2.25. The van der Waals surface area contributed by atoms with E-state index in [1.165, 1.54) is 13.0 Å². The maximum absolute atomic E-state index is 5.53. The molecule has 156 valence electrons. The van der Waals surface area contributed by atoms with Gasteiger partial charge < -0.3 is 19.5 Å². The Kier molecular flexibility index (Phi) is 6.47. The molecule has 2 unspecified atom stereocenters. The number of guanidine groups is 1. The van der Waals surface area contributed by atoms with Crippen LogP contribution in [0.15, 0.2) is 4.99 Å². The van der Waals surface area contributed by atoms with Gasteiger partial charge in [-0.15, -0.1) is 10.2 Å². The van der Waals surface area contributed by atoms with Crippen molar-refractivity contribution in [2.24, 2.45) is 16.8 Å². The Bertz CT molecular complexity index is 660. The van der Waals surface area contributed by atoms with Gasteiger partial charge in [0.1, 0.15) is 11.6 Å². The number of nitrogens with zero attached hydrogens (tertiary/aromatic N) is 6. The van der Waals surface area contributed by atoms with Crippen molar-refractivity contribution in [2.45, 2.75) is 39.7 Å². The molecule has 0 aromatic carbocycles. The van der Waals surface area contributed by atoms with Crippen molar-refractivity contribution < 1.29 is 4.74 Å². The summed E-state index contributed by atoms with van der Waals surface area (Å²) >= 11 is 0. The van der Waals surface area contributed by atoms with Crippen LogP contribution in [-0.4, -0.2) is 89.6 Å². The smallest absolute Gasteiger partial charge is 0.194 e. The third-order valence-electron chi connectivity index (χ3n) is 6.28. The first-order valence-corrected chi connectivity index (χ1v) is 10.9. The van der Waals surface area contributed by atoms with Crippen molar-refractivity contribution in [3.05, 3.63) is 11.6 Å². The van der Waals surface area contributed by atoms with Crippen LogP contribution in [0.3, 0.4) is 0 Å². The summed E-state index contributed by atoms with van der Waals surface area (Å²) < 4.78 is 7.79. The minimum absolute atomic E-state index is 0.569. The van der Waals surface area contributed by atoms with Crippen LogP contribution in [-0.2, 0) is 17.7 Å². The van der Waals surface area contributed by atoms with Gasteiger partial charge in [-0.1, -0.05) is 0 Å². The van der Waals surface area contributed by atoms with E-state index in [-0.39, 0.29) is 0 Å². The highest BCUT2D eigenvalue weighted by molar-refractivity contribution is 5.80. The Morgan fingerprint density at radius 2 is 2.04 bits per heavy atom. The Morgan fingerprint density at radius 3 is 2.79 bits per heavy atom. The molecule has 4 rings (SSSR count). The summed E-state index contributed by atoms with van der Waals surface area (Å²) in [5, 5.41) is 12.0. The van der Waals surface area contributed by atoms with Gasteiger partial charge in [-0.25, -0.2) is 0 Å². The number of piperazine rings is 1. The molecular formula is C20H35N7O. The lowest BCUT2D eigenvalue weighted by Gasteiger charge is -2.37. The second-order valence-electron chi connectivity index (χ2n) is 8.39. The van der Waals surface area contributed by atoms with Crippen molar-refractivity contribution in [1.29, 1.82) is 0 Å². The zero-order chi connectivity index (χ0) is 19.3. The molecular weight excluding hydrogens is 354 g/mol. The normalized spacial score (nSPS) is 26.5. The number of hydrogen-bond acceptors (Lipinski definition) is 5. The van der Waals surface area contributed by atoms with Crippen LogP contribution < -0.4 is 5.32 Å². The number of nitrogens with one attached hydrogen (secondary N) is 1. The van der Waals surface area contributed by atoms with Gasteiger partial charge in [-0.3, -0.25) is 9.89 Å². The van der Waals surface area contributed by atoms with Crippen molar-refractivity contribution >= 4 is 5.96 Å². The first kappa shape index (κ1) is 19.6. The van der Waals surface area contributed by atoms with Crippen LogP contribution in [0, 0.1) is 18.8 Å². The van der Waals surface area contributed by atoms with Gasteiger partial charge in [0.15, 0.2) is 5.96 Å². The van der Waals surface area contributed by atoms with Crippen molar-refractivity contribution in [3.8, 4) is 0 Å². The Morgan fingerprint density at radius 1 is 1.18 bits per heavy atom. The second kappa shape index (κ2) is 9.22. The minimum atomic E-state index is 0.569. The number of fused-ring (bicyclic) bond motifs is 1. The highest BCUT2D eigenvalue weighted by atomic mass is 16.5. The minimum Gasteiger partial charge on any atom is -0.381 e. The lowest BCUT2D eigenvalue weighted by atomic mass is 9.99. The molecule has 28 heavy (non-hydrogen) atoms. The van der Waals surface area contributed by atoms with Gasteiger partial charge in [0.25, 0.3) is 0 Å². The van der Waals surface area contributed by atoms with Gasteiger partial charge in [-0.05, 0) is 38.5 Å². The fraction of sp³-hybridized carbons (Fsp3) is 0.850. The van der Waals surface area contributed by atoms with Gasteiger partial charge in [0, 0.05) is 65.4 Å². The summed E-state index contributed by atoms with van der Waals surface area (Å²) in [7, 11) is 0. The van der Waals surface area contributed by atoms with Gasteiger partial charge >= 0.3 is 0 Å². The van der Waals surface area contributed by atoms with E-state index in [1.807, 2.05) is 6.92 Å². The molecule has 0 radical (unpaired) electrons. The van der Waals surface area contributed by atoms with E-state index in [4.69, 9.17) is 9.73 Å². The SMILES string of the molecule is CCNC(=NCC1CCc2nnc(C)n2C1)N1CCN(CC2CCOC2)CC1. The fourth-order valence-corrected chi connectivity index (χ4v) is 4.56. The third kappa shape index (κ3) is 4.66. The Balaban J connectivity index is 1.29. The molecule has 1 aromatic heterocycles. The Labute approximate surface area is 168 Å². The van der Waals surface area contributed by atoms with Crippen LogP contribution in [0.1, 0.15) is 31.4 Å². The molecule has 0 amide bonds. The molecule has 1 aromatic rings. The fourth-order valence-electron chi connectivity index (χ4n) is 4.56. The lowest BCUT2D eigenvalue weighted by Crippen LogP contribution is -2.53. The van der Waals surface area contributed by atoms with Crippen molar-refractivity contribution in [2.75, 3.05) is 59.0 Å². The predicted octanol–water partition coefficient (Wildman–Crippen LogP) is 0.769. The first-order valence-electron chi connectivity index (χ1n) is 10.9. The van der Waals surface area contributed by atoms with E-state index >= 15 is 0 Å². The van der Waals surface area contributed by atoms with E-state index in [0.717, 1.165) is 95.4 Å². The highest BCUT2D eigenvalue weighted by Crippen LogP contribution is 2.20. The zero-order valence-corrected chi connectivity index (χ0v) is 17.4. The molecule has 2 atom stereocenters. The molecule has 0 bridgehead atoms. The van der Waals surface area contributed by atoms with E-state index in [0.29, 0.717) is 5.92 Å². The summed E-state index contributed by atoms with van der Waals surface area (Å²) in [6.07, 6.45) is 3.39. The zero-order valence-electron chi connectivity index (χ0n) is 17.4. The summed E-state index contributed by atoms with van der Waals surface area (Å²) in [5.74, 6) is 4.54. The van der Waals surface area contributed by atoms with E-state index in [1.54, 1.807) is 0 Å². The number of aliphatic imine (C=N–C) groups is 1. The molecule has 2 fully saturated rings. The van der Waals surface area contributed by atoms with Gasteiger partial charge in [0.05, 0.1) is 6.61 Å². The number of aromatic nitrogens is 3. The molecule has 8 heteroatoms. The monoisotopic (exact) mass is 389 g/mol. The third-order valence-corrected chi connectivity index (χ3v) is 6.28. The van der Waals surface area contributed by atoms with Gasteiger partial charge in [-0.2, -0.15) is 0 Å². The molecule has 0 saturated carbocycles. The Hall–Kier alpha value is -1.67. The molecule has 2 saturated heterocycles. The largest absolute Gasteiger partial charge is 0.381 e. The quantitative estimate of drug-likeness (QED) is 0.593. The summed E-state index contributed by atoms with van der Waals surface area (Å²) in [4.78, 5) is 10.0. The number of rotatable bonds is 5. The molecule has 8 nitrogen and oxygen atoms in total. The van der Waals surface area contributed by atoms with Crippen LogP contribution in [0.25, 0.3) is 0 Å². The van der Waals surface area contributed by atoms with Crippen LogP contribution in [0.5, 0.6) is 0 Å².